The molecule has 1 aromatic rings. The first-order valence-corrected chi connectivity index (χ1v) is 7.04. The number of rotatable bonds is 3. The van der Waals surface area contributed by atoms with Crippen molar-refractivity contribution in [1.82, 2.24) is 0 Å². The summed E-state index contributed by atoms with van der Waals surface area (Å²) in [5.74, 6) is 0. The Morgan fingerprint density at radius 2 is 2.00 bits per heavy atom. The van der Waals surface area contributed by atoms with E-state index in [-0.39, 0.29) is 9.86 Å². The lowest BCUT2D eigenvalue weighted by Gasteiger charge is -2.04. The predicted octanol–water partition coefficient (Wildman–Crippen LogP) is 1.94. The van der Waals surface area contributed by atoms with E-state index in [1.807, 2.05) is 0 Å². The van der Waals surface area contributed by atoms with Crippen molar-refractivity contribution in [3.8, 4) is 0 Å². The van der Waals surface area contributed by atoms with Gasteiger partial charge in [-0.25, -0.2) is 8.42 Å². The standard InChI is InChI=1S/C7H3ClINO5S/c8-16(14,15)7-4(3-11)6(10(12)13)2-1-5(7)9/h1-3H. The van der Waals surface area contributed by atoms with E-state index in [0.29, 0.717) is 0 Å². The molecule has 6 nitrogen and oxygen atoms in total. The number of benzene rings is 1. The molecule has 0 amide bonds. The minimum absolute atomic E-state index is 0.107. The Hall–Kier alpha value is -0.740. The molecule has 0 spiro atoms. The zero-order valence-electron chi connectivity index (χ0n) is 7.38. The highest BCUT2D eigenvalue weighted by molar-refractivity contribution is 14.1. The quantitative estimate of drug-likeness (QED) is 0.264. The van der Waals surface area contributed by atoms with Crippen molar-refractivity contribution in [3.63, 3.8) is 0 Å². The normalized spacial score (nSPS) is 11.1. The highest BCUT2D eigenvalue weighted by Gasteiger charge is 2.26. The Morgan fingerprint density at radius 1 is 1.44 bits per heavy atom. The maximum absolute atomic E-state index is 11.2. The van der Waals surface area contributed by atoms with E-state index in [1.165, 1.54) is 6.07 Å². The van der Waals surface area contributed by atoms with Gasteiger partial charge in [0.2, 0.25) is 0 Å². The number of nitro benzene ring substituents is 1. The smallest absolute Gasteiger partial charge is 0.281 e. The van der Waals surface area contributed by atoms with Gasteiger partial charge < -0.3 is 0 Å². The molecule has 1 rings (SSSR count). The Labute approximate surface area is 108 Å². The molecule has 9 heteroatoms. The highest BCUT2D eigenvalue weighted by atomic mass is 127. The van der Waals surface area contributed by atoms with Gasteiger partial charge in [-0.2, -0.15) is 0 Å². The van der Waals surface area contributed by atoms with Crippen molar-refractivity contribution < 1.29 is 18.1 Å². The maximum atomic E-state index is 11.2. The molecule has 16 heavy (non-hydrogen) atoms. The van der Waals surface area contributed by atoms with Crippen molar-refractivity contribution in [2.75, 3.05) is 0 Å². The van der Waals surface area contributed by atoms with Crippen LogP contribution in [0.4, 0.5) is 5.69 Å². The Balaban J connectivity index is 3.78. The van der Waals surface area contributed by atoms with Gasteiger partial charge >= 0.3 is 0 Å². The van der Waals surface area contributed by atoms with Crippen LogP contribution < -0.4 is 0 Å². The molecule has 0 radical (unpaired) electrons. The summed E-state index contributed by atoms with van der Waals surface area (Å²) in [4.78, 5) is 19.9. The molecule has 0 saturated heterocycles. The van der Waals surface area contributed by atoms with E-state index in [1.54, 1.807) is 22.6 Å². The van der Waals surface area contributed by atoms with Gasteiger partial charge in [0.15, 0.2) is 6.29 Å². The summed E-state index contributed by atoms with van der Waals surface area (Å²) in [7, 11) is 0.907. The fraction of sp³-hybridized carbons (Fsp3) is 0. The fourth-order valence-corrected chi connectivity index (χ4v) is 4.03. The molecule has 86 valence electrons. The second kappa shape index (κ2) is 4.63. The van der Waals surface area contributed by atoms with Gasteiger partial charge in [0, 0.05) is 20.3 Å². The Morgan fingerprint density at radius 3 is 2.38 bits per heavy atom. The maximum Gasteiger partial charge on any atom is 0.281 e. The molecular weight excluding hydrogens is 373 g/mol. The van der Waals surface area contributed by atoms with Gasteiger partial charge in [-0.15, -0.1) is 0 Å². The summed E-state index contributed by atoms with van der Waals surface area (Å²) in [6.07, 6.45) is 0.107. The van der Waals surface area contributed by atoms with Crippen LogP contribution in [0.3, 0.4) is 0 Å². The minimum Gasteiger partial charge on any atom is -0.298 e. The highest BCUT2D eigenvalue weighted by Crippen LogP contribution is 2.31. The lowest BCUT2D eigenvalue weighted by molar-refractivity contribution is -0.385. The van der Waals surface area contributed by atoms with Crippen molar-refractivity contribution in [1.29, 1.82) is 0 Å². The number of nitro groups is 1. The molecule has 0 aliphatic heterocycles. The summed E-state index contributed by atoms with van der Waals surface area (Å²) in [6, 6.07) is 2.26. The third-order valence-corrected chi connectivity index (χ3v) is 4.34. The van der Waals surface area contributed by atoms with Crippen LogP contribution in [0.5, 0.6) is 0 Å². The summed E-state index contributed by atoms with van der Waals surface area (Å²) in [6.45, 7) is 0. The van der Waals surface area contributed by atoms with Crippen LogP contribution in [-0.2, 0) is 9.05 Å². The molecular formula is C7H3ClINO5S. The van der Waals surface area contributed by atoms with E-state index in [4.69, 9.17) is 10.7 Å². The molecule has 0 atom stereocenters. The third-order valence-electron chi connectivity index (χ3n) is 1.68. The summed E-state index contributed by atoms with van der Waals surface area (Å²) in [5, 5.41) is 10.6. The SMILES string of the molecule is O=Cc1c([N+](=O)[O-])ccc(I)c1S(=O)(=O)Cl. The monoisotopic (exact) mass is 375 g/mol. The summed E-state index contributed by atoms with van der Waals surface area (Å²) < 4.78 is 22.5. The Kier molecular flexibility index (Phi) is 3.86. The topological polar surface area (TPSA) is 94.3 Å². The number of carbonyl (C=O) groups excluding carboxylic acids is 1. The van der Waals surface area contributed by atoms with Crippen molar-refractivity contribution in [2.45, 2.75) is 4.90 Å². The average molecular weight is 376 g/mol. The van der Waals surface area contributed by atoms with E-state index in [9.17, 15) is 23.3 Å². The number of hydrogen-bond donors (Lipinski definition) is 0. The third kappa shape index (κ3) is 2.50. The number of hydrogen-bond acceptors (Lipinski definition) is 5. The average Bonchev–Trinajstić information content (AvgIpc) is 2.14. The molecule has 0 aliphatic carbocycles. The van der Waals surface area contributed by atoms with E-state index < -0.39 is 30.1 Å². The van der Waals surface area contributed by atoms with Crippen LogP contribution >= 0.6 is 33.3 Å². The second-order valence-corrected chi connectivity index (χ2v) is 6.29. The Bertz CT molecular complexity index is 570. The molecule has 0 aliphatic rings. The number of carbonyl (C=O) groups is 1. The van der Waals surface area contributed by atoms with Crippen LogP contribution in [-0.4, -0.2) is 19.6 Å². The van der Waals surface area contributed by atoms with Crippen LogP contribution in [0.1, 0.15) is 10.4 Å². The number of aldehydes is 1. The first-order valence-electron chi connectivity index (χ1n) is 3.65. The van der Waals surface area contributed by atoms with Gasteiger partial charge in [0.1, 0.15) is 10.5 Å². The molecule has 0 unspecified atom stereocenters. The molecule has 0 saturated carbocycles. The van der Waals surface area contributed by atoms with Crippen molar-refractivity contribution >= 4 is 54.3 Å². The van der Waals surface area contributed by atoms with E-state index in [2.05, 4.69) is 0 Å². The van der Waals surface area contributed by atoms with Gasteiger partial charge in [-0.3, -0.25) is 14.9 Å². The van der Waals surface area contributed by atoms with E-state index >= 15 is 0 Å². The van der Waals surface area contributed by atoms with Gasteiger partial charge in [-0.1, -0.05) is 0 Å². The van der Waals surface area contributed by atoms with Crippen LogP contribution in [0.25, 0.3) is 0 Å². The summed E-state index contributed by atoms with van der Waals surface area (Å²) >= 11 is 1.63. The zero-order chi connectivity index (χ0) is 12.5. The van der Waals surface area contributed by atoms with E-state index in [0.717, 1.165) is 6.07 Å². The zero-order valence-corrected chi connectivity index (χ0v) is 11.1. The predicted molar refractivity (Wildman–Crippen MR) is 64.2 cm³/mol. The molecule has 0 fully saturated rings. The molecule has 0 N–H and O–H groups in total. The summed E-state index contributed by atoms with van der Waals surface area (Å²) in [5.41, 5.74) is -1.12. The molecule has 0 aromatic heterocycles. The molecule has 0 bridgehead atoms. The van der Waals surface area contributed by atoms with Crippen LogP contribution in [0.15, 0.2) is 17.0 Å². The lowest BCUT2D eigenvalue weighted by Crippen LogP contribution is -2.04. The largest absolute Gasteiger partial charge is 0.298 e. The lowest BCUT2D eigenvalue weighted by atomic mass is 10.2. The van der Waals surface area contributed by atoms with Crippen LogP contribution in [0.2, 0.25) is 0 Å². The van der Waals surface area contributed by atoms with Gasteiger partial charge in [0.25, 0.3) is 14.7 Å². The number of nitrogens with zero attached hydrogens (tertiary/aromatic N) is 1. The van der Waals surface area contributed by atoms with Gasteiger partial charge in [-0.05, 0) is 28.7 Å². The van der Waals surface area contributed by atoms with Crippen molar-refractivity contribution in [2.24, 2.45) is 0 Å². The molecule has 0 heterocycles. The van der Waals surface area contributed by atoms with Crippen LogP contribution in [0, 0.1) is 13.7 Å². The molecule has 1 aromatic carbocycles. The number of halogens is 2. The first kappa shape index (κ1) is 13.3. The minimum atomic E-state index is -4.20. The van der Waals surface area contributed by atoms with Crippen molar-refractivity contribution in [3.05, 3.63) is 31.4 Å². The fourth-order valence-electron chi connectivity index (χ4n) is 1.08. The first-order chi connectivity index (χ1) is 7.29. The second-order valence-electron chi connectivity index (χ2n) is 2.62. The van der Waals surface area contributed by atoms with Gasteiger partial charge in [0.05, 0.1) is 4.92 Å².